The van der Waals surface area contributed by atoms with Gasteiger partial charge in [0, 0.05) is 42.2 Å². The van der Waals surface area contributed by atoms with Gasteiger partial charge >= 0.3 is 0 Å². The molecule has 7 nitrogen and oxygen atoms in total. The molecule has 0 atom stereocenters. The van der Waals surface area contributed by atoms with Gasteiger partial charge in [0.1, 0.15) is 17.3 Å². The SMILES string of the molecule is CCC(=O)N(CCc1csc2nc(-c3cc(OC)ccc3OC)cn12)Cc1ccco1. The molecule has 0 radical (unpaired) electrons. The number of methoxy groups -OCH3 is 2. The summed E-state index contributed by atoms with van der Waals surface area (Å²) < 4.78 is 18.4. The Morgan fingerprint density at radius 2 is 2.13 bits per heavy atom. The highest BCUT2D eigenvalue weighted by Gasteiger charge is 2.17. The van der Waals surface area contributed by atoms with Crippen molar-refractivity contribution in [1.29, 1.82) is 0 Å². The monoisotopic (exact) mass is 439 g/mol. The average Bonchev–Trinajstić information content (AvgIpc) is 3.53. The Labute approximate surface area is 184 Å². The predicted molar refractivity (Wildman–Crippen MR) is 120 cm³/mol. The number of carbonyl (C=O) groups excluding carboxylic acids is 1. The van der Waals surface area contributed by atoms with Crippen LogP contribution in [0.5, 0.6) is 11.5 Å². The summed E-state index contributed by atoms with van der Waals surface area (Å²) in [4.78, 5) is 19.9. The van der Waals surface area contributed by atoms with Crippen LogP contribution in [-0.2, 0) is 17.8 Å². The third-order valence-corrected chi connectivity index (χ3v) is 6.07. The molecule has 162 valence electrons. The fourth-order valence-corrected chi connectivity index (χ4v) is 4.42. The van der Waals surface area contributed by atoms with E-state index in [0.717, 1.165) is 45.6 Å². The molecule has 0 unspecified atom stereocenters. The van der Waals surface area contributed by atoms with E-state index in [1.807, 2.05) is 48.4 Å². The number of hydrogen-bond acceptors (Lipinski definition) is 6. The first-order valence-electron chi connectivity index (χ1n) is 10.1. The first-order valence-corrected chi connectivity index (χ1v) is 11.0. The second kappa shape index (κ2) is 9.26. The normalized spacial score (nSPS) is 11.1. The van der Waals surface area contributed by atoms with Crippen LogP contribution in [0.3, 0.4) is 0 Å². The fourth-order valence-electron chi connectivity index (χ4n) is 3.51. The number of ether oxygens (including phenoxy) is 2. The maximum absolute atomic E-state index is 12.4. The summed E-state index contributed by atoms with van der Waals surface area (Å²) in [6.45, 7) is 2.96. The van der Waals surface area contributed by atoms with Gasteiger partial charge in [-0.1, -0.05) is 6.92 Å². The summed E-state index contributed by atoms with van der Waals surface area (Å²) in [7, 11) is 3.29. The van der Waals surface area contributed by atoms with Gasteiger partial charge in [0.2, 0.25) is 5.91 Å². The smallest absolute Gasteiger partial charge is 0.222 e. The first kappa shape index (κ1) is 21.0. The van der Waals surface area contributed by atoms with Gasteiger partial charge in [-0.05, 0) is 30.3 Å². The molecule has 0 bridgehead atoms. The van der Waals surface area contributed by atoms with E-state index in [2.05, 4.69) is 9.78 Å². The standard InChI is InChI=1S/C23H25N3O4S/c1-4-22(27)25(13-18-6-5-11-30-18)10-9-16-15-31-23-24-20(14-26(16)23)19-12-17(28-2)7-8-21(19)29-3/h5-8,11-12,14-15H,4,9-10,13H2,1-3H3. The lowest BCUT2D eigenvalue weighted by molar-refractivity contribution is -0.131. The van der Waals surface area contributed by atoms with Crippen molar-refractivity contribution in [2.75, 3.05) is 20.8 Å². The highest BCUT2D eigenvalue weighted by atomic mass is 32.1. The van der Waals surface area contributed by atoms with Crippen LogP contribution in [0.4, 0.5) is 0 Å². The van der Waals surface area contributed by atoms with Crippen molar-refractivity contribution in [2.45, 2.75) is 26.3 Å². The molecule has 31 heavy (non-hydrogen) atoms. The Balaban J connectivity index is 1.57. The zero-order valence-corrected chi connectivity index (χ0v) is 18.6. The third kappa shape index (κ3) is 4.44. The predicted octanol–water partition coefficient (Wildman–Crippen LogP) is 4.65. The lowest BCUT2D eigenvalue weighted by Crippen LogP contribution is -2.31. The average molecular weight is 440 g/mol. The van der Waals surface area contributed by atoms with Crippen LogP contribution in [0.15, 0.2) is 52.6 Å². The van der Waals surface area contributed by atoms with Gasteiger partial charge in [0.05, 0.1) is 32.7 Å². The number of aromatic nitrogens is 2. The highest BCUT2D eigenvalue weighted by Crippen LogP contribution is 2.34. The molecule has 4 aromatic rings. The lowest BCUT2D eigenvalue weighted by Gasteiger charge is -2.21. The molecule has 0 saturated carbocycles. The van der Waals surface area contributed by atoms with Gasteiger partial charge in [-0.2, -0.15) is 0 Å². The summed E-state index contributed by atoms with van der Waals surface area (Å²) in [6.07, 6.45) is 4.82. The van der Waals surface area contributed by atoms with Gasteiger partial charge in [0.25, 0.3) is 0 Å². The van der Waals surface area contributed by atoms with Gasteiger partial charge in [0.15, 0.2) is 4.96 Å². The van der Waals surface area contributed by atoms with Crippen LogP contribution < -0.4 is 9.47 Å². The number of nitrogens with zero attached hydrogens (tertiary/aromatic N) is 3. The van der Waals surface area contributed by atoms with Gasteiger partial charge in [-0.3, -0.25) is 9.20 Å². The Morgan fingerprint density at radius 1 is 1.26 bits per heavy atom. The molecule has 8 heteroatoms. The molecule has 0 fully saturated rings. The van der Waals surface area contributed by atoms with Crippen LogP contribution >= 0.6 is 11.3 Å². The fraction of sp³-hybridized carbons (Fsp3) is 0.304. The van der Waals surface area contributed by atoms with Gasteiger partial charge < -0.3 is 18.8 Å². The van der Waals surface area contributed by atoms with Crippen molar-refractivity contribution in [3.8, 4) is 22.8 Å². The summed E-state index contributed by atoms with van der Waals surface area (Å²) >= 11 is 1.58. The van der Waals surface area contributed by atoms with Crippen LogP contribution in [0.1, 0.15) is 24.8 Å². The molecular weight excluding hydrogens is 414 g/mol. The molecule has 1 aromatic carbocycles. The number of imidazole rings is 1. The number of rotatable bonds is 9. The van der Waals surface area contributed by atoms with E-state index in [1.54, 1.807) is 31.8 Å². The molecule has 3 aromatic heterocycles. The Hall–Kier alpha value is -3.26. The van der Waals surface area contributed by atoms with Gasteiger partial charge in [-0.15, -0.1) is 11.3 Å². The van der Waals surface area contributed by atoms with E-state index < -0.39 is 0 Å². The van der Waals surface area contributed by atoms with Crippen LogP contribution in [0.2, 0.25) is 0 Å². The van der Waals surface area contributed by atoms with Crippen LogP contribution in [-0.4, -0.2) is 41.0 Å². The minimum atomic E-state index is 0.107. The van der Waals surface area contributed by atoms with Crippen molar-refractivity contribution in [3.63, 3.8) is 0 Å². The zero-order chi connectivity index (χ0) is 21.8. The highest BCUT2D eigenvalue weighted by molar-refractivity contribution is 7.15. The molecule has 0 saturated heterocycles. The number of fused-ring (bicyclic) bond motifs is 1. The van der Waals surface area contributed by atoms with Crippen molar-refractivity contribution < 1.29 is 18.7 Å². The molecule has 1 amide bonds. The molecular formula is C23H25N3O4S. The number of hydrogen-bond donors (Lipinski definition) is 0. The molecule has 0 aliphatic rings. The molecule has 0 N–H and O–H groups in total. The summed E-state index contributed by atoms with van der Waals surface area (Å²) in [5.41, 5.74) is 2.80. The minimum absolute atomic E-state index is 0.107. The second-order valence-electron chi connectivity index (χ2n) is 7.07. The van der Waals surface area contributed by atoms with E-state index in [0.29, 0.717) is 19.5 Å². The molecule has 0 aliphatic heterocycles. The second-order valence-corrected chi connectivity index (χ2v) is 7.91. The van der Waals surface area contributed by atoms with Gasteiger partial charge in [-0.25, -0.2) is 4.98 Å². The van der Waals surface area contributed by atoms with Crippen molar-refractivity contribution in [3.05, 3.63) is 59.6 Å². The maximum Gasteiger partial charge on any atom is 0.222 e. The number of thiazole rings is 1. The van der Waals surface area contributed by atoms with E-state index in [1.165, 1.54) is 0 Å². The first-order chi connectivity index (χ1) is 15.1. The molecule has 3 heterocycles. The Bertz CT molecular complexity index is 1160. The Morgan fingerprint density at radius 3 is 2.84 bits per heavy atom. The quantitative estimate of drug-likeness (QED) is 0.380. The number of furan rings is 1. The number of carbonyl (C=O) groups is 1. The summed E-state index contributed by atoms with van der Waals surface area (Å²) in [6, 6.07) is 9.40. The zero-order valence-electron chi connectivity index (χ0n) is 17.8. The van der Waals surface area contributed by atoms with E-state index in [-0.39, 0.29) is 5.91 Å². The largest absolute Gasteiger partial charge is 0.497 e. The lowest BCUT2D eigenvalue weighted by atomic mass is 10.1. The number of benzene rings is 1. The minimum Gasteiger partial charge on any atom is -0.497 e. The topological polar surface area (TPSA) is 69.2 Å². The van der Waals surface area contributed by atoms with Crippen molar-refractivity contribution in [2.24, 2.45) is 0 Å². The van der Waals surface area contributed by atoms with Crippen LogP contribution in [0.25, 0.3) is 16.2 Å². The van der Waals surface area contributed by atoms with E-state index in [4.69, 9.17) is 18.9 Å². The van der Waals surface area contributed by atoms with Crippen molar-refractivity contribution >= 4 is 22.2 Å². The van der Waals surface area contributed by atoms with E-state index >= 15 is 0 Å². The van der Waals surface area contributed by atoms with Crippen LogP contribution in [0, 0.1) is 0 Å². The summed E-state index contributed by atoms with van der Waals surface area (Å²) in [5, 5.41) is 2.09. The molecule has 0 aliphatic carbocycles. The Kier molecular flexibility index (Phi) is 6.27. The summed E-state index contributed by atoms with van der Waals surface area (Å²) in [5.74, 6) is 2.38. The number of amides is 1. The molecule has 0 spiro atoms. The third-order valence-electron chi connectivity index (χ3n) is 5.19. The van der Waals surface area contributed by atoms with E-state index in [9.17, 15) is 4.79 Å². The maximum atomic E-state index is 12.4. The molecule has 4 rings (SSSR count). The van der Waals surface area contributed by atoms with Crippen molar-refractivity contribution in [1.82, 2.24) is 14.3 Å².